The third-order valence-corrected chi connectivity index (χ3v) is 1.27. The molecule has 0 spiro atoms. The first-order valence-corrected chi connectivity index (χ1v) is 3.03. The van der Waals surface area contributed by atoms with Crippen LogP contribution in [0.5, 0.6) is 0 Å². The van der Waals surface area contributed by atoms with Crippen molar-refractivity contribution < 1.29 is 4.79 Å². The van der Waals surface area contributed by atoms with Gasteiger partial charge in [0, 0.05) is 0 Å². The highest BCUT2D eigenvalue weighted by molar-refractivity contribution is 8.75. The molecule has 0 heterocycles. The van der Waals surface area contributed by atoms with E-state index in [1.54, 1.807) is 0 Å². The Bertz CT molecular complexity index is 44.9. The summed E-state index contributed by atoms with van der Waals surface area (Å²) in [6, 6.07) is 0. The molecule has 1 nitrogen and oxygen atoms in total. The Balaban J connectivity index is 2.85. The number of hydrogen-bond acceptors (Lipinski definition) is 3. The fourth-order valence-electron chi connectivity index (χ4n) is 0. The molecule has 30 valence electrons. The molecule has 0 N–H and O–H groups in total. The first kappa shape index (κ1) is 5.66. The lowest BCUT2D eigenvalue weighted by Crippen LogP contribution is -1.55. The molecule has 0 amide bonds. The third kappa shape index (κ3) is 4.66. The number of rotatable bonds is 0. The second-order valence-corrected chi connectivity index (χ2v) is 2.00. The molecule has 0 aromatic carbocycles. The molecule has 0 rings (SSSR count). The quantitative estimate of drug-likeness (QED) is 0.305. The number of carbonyl (C=O) groups is 1. The Hall–Kier alpha value is 0.660. The van der Waals surface area contributed by atoms with Crippen LogP contribution in [0.15, 0.2) is 0 Å². The van der Waals surface area contributed by atoms with E-state index in [4.69, 9.17) is 11.6 Å². The monoisotopic (exact) mass is 128 g/mol. The molecular formula is CHClOS2. The fraction of sp³-hybridized carbons (Fsp3) is 0. The molecule has 0 atom stereocenters. The zero-order chi connectivity index (χ0) is 4.28. The minimum absolute atomic E-state index is 0.492. The van der Waals surface area contributed by atoms with Gasteiger partial charge in [0.2, 0.25) is 0 Å². The van der Waals surface area contributed by atoms with Crippen LogP contribution in [-0.2, 0) is 0 Å². The Morgan fingerprint density at radius 1 is 2.00 bits per heavy atom. The Morgan fingerprint density at radius 3 is 2.20 bits per heavy atom. The lowest BCUT2D eigenvalue weighted by molar-refractivity contribution is 0.276. The SMILES string of the molecule is O=C(Cl)SS. The average molecular weight is 129 g/mol. The smallest absolute Gasteiger partial charge is 0.267 e. The van der Waals surface area contributed by atoms with Gasteiger partial charge in [-0.3, -0.25) is 4.79 Å². The zero-order valence-corrected chi connectivity index (χ0v) is 4.61. The topological polar surface area (TPSA) is 17.1 Å². The van der Waals surface area contributed by atoms with Crippen molar-refractivity contribution in [3.63, 3.8) is 0 Å². The maximum atomic E-state index is 9.46. The second kappa shape index (κ2) is 2.87. The largest absolute Gasteiger partial charge is 0.289 e. The predicted molar refractivity (Wildman–Crippen MR) is 27.8 cm³/mol. The van der Waals surface area contributed by atoms with Crippen molar-refractivity contribution in [2.75, 3.05) is 0 Å². The number of hydrogen-bond donors (Lipinski definition) is 1. The van der Waals surface area contributed by atoms with Crippen molar-refractivity contribution in [1.82, 2.24) is 0 Å². The highest BCUT2D eigenvalue weighted by Gasteiger charge is 1.83. The van der Waals surface area contributed by atoms with E-state index in [1.165, 1.54) is 0 Å². The molecule has 0 fully saturated rings. The zero-order valence-electron chi connectivity index (χ0n) is 2.14. The molecule has 0 saturated heterocycles. The maximum Gasteiger partial charge on any atom is 0.289 e. The van der Waals surface area contributed by atoms with E-state index in [2.05, 4.69) is 11.7 Å². The van der Waals surface area contributed by atoms with Crippen LogP contribution in [0, 0.1) is 0 Å². The van der Waals surface area contributed by atoms with Crippen molar-refractivity contribution in [3.05, 3.63) is 0 Å². The summed E-state index contributed by atoms with van der Waals surface area (Å²) in [4.78, 5) is 9.46. The van der Waals surface area contributed by atoms with Gasteiger partial charge in [-0.15, -0.1) is 11.7 Å². The summed E-state index contributed by atoms with van der Waals surface area (Å²) in [7, 11) is 0.701. The molecule has 0 unspecified atom stereocenters. The van der Waals surface area contributed by atoms with E-state index in [0.29, 0.717) is 10.8 Å². The summed E-state index contributed by atoms with van der Waals surface area (Å²) in [6.07, 6.45) is 0. The first-order chi connectivity index (χ1) is 2.27. The minimum Gasteiger partial charge on any atom is -0.267 e. The molecule has 0 aliphatic rings. The van der Waals surface area contributed by atoms with E-state index in [9.17, 15) is 4.79 Å². The van der Waals surface area contributed by atoms with Crippen LogP contribution < -0.4 is 0 Å². The normalized spacial score (nSPS) is 7.60. The standard InChI is InChI=1S/CHClOS2/c2-1(3)5-4/h4H. The van der Waals surface area contributed by atoms with Crippen LogP contribution in [0.3, 0.4) is 0 Å². The Morgan fingerprint density at radius 2 is 2.20 bits per heavy atom. The summed E-state index contributed by atoms with van der Waals surface area (Å²) < 4.78 is -0.492. The Labute approximate surface area is 43.9 Å². The third-order valence-electron chi connectivity index (χ3n) is 0.0718. The first-order valence-electron chi connectivity index (χ1n) is 0.780. The van der Waals surface area contributed by atoms with Crippen molar-refractivity contribution in [3.8, 4) is 0 Å². The number of carbonyl (C=O) groups excluding carboxylic acids is 1. The van der Waals surface area contributed by atoms with Gasteiger partial charge >= 0.3 is 0 Å². The van der Waals surface area contributed by atoms with Crippen molar-refractivity contribution >= 4 is 38.6 Å². The van der Waals surface area contributed by atoms with E-state index in [-0.39, 0.29) is 0 Å². The van der Waals surface area contributed by atoms with Gasteiger partial charge in [-0.05, 0) is 22.4 Å². The highest BCUT2D eigenvalue weighted by atomic mass is 35.5. The molecule has 0 bridgehead atoms. The van der Waals surface area contributed by atoms with Crippen LogP contribution in [0.4, 0.5) is 4.79 Å². The Kier molecular flexibility index (Phi) is 3.25. The molecular weight excluding hydrogens is 128 g/mol. The van der Waals surface area contributed by atoms with E-state index in [0.717, 1.165) is 0 Å². The molecule has 5 heavy (non-hydrogen) atoms. The van der Waals surface area contributed by atoms with Gasteiger partial charge in [0.25, 0.3) is 4.57 Å². The van der Waals surface area contributed by atoms with Gasteiger partial charge in [-0.25, -0.2) is 0 Å². The van der Waals surface area contributed by atoms with E-state index >= 15 is 0 Å². The summed E-state index contributed by atoms with van der Waals surface area (Å²) in [5.74, 6) is 0. The van der Waals surface area contributed by atoms with Gasteiger partial charge in [0.1, 0.15) is 0 Å². The van der Waals surface area contributed by atoms with Gasteiger partial charge < -0.3 is 0 Å². The predicted octanol–water partition coefficient (Wildman–Crippen LogP) is 1.92. The van der Waals surface area contributed by atoms with Gasteiger partial charge in [-0.2, -0.15) is 0 Å². The molecule has 0 saturated carbocycles. The van der Waals surface area contributed by atoms with Crippen molar-refractivity contribution in [2.24, 2.45) is 0 Å². The van der Waals surface area contributed by atoms with Crippen molar-refractivity contribution in [2.45, 2.75) is 0 Å². The van der Waals surface area contributed by atoms with Gasteiger partial charge in [-0.1, -0.05) is 0 Å². The molecule has 4 heteroatoms. The molecule has 0 aromatic heterocycles. The summed E-state index contributed by atoms with van der Waals surface area (Å²) in [5, 5.41) is 0. The van der Waals surface area contributed by atoms with Gasteiger partial charge in [0.05, 0.1) is 0 Å². The number of halogens is 1. The van der Waals surface area contributed by atoms with Crippen LogP contribution in [0.25, 0.3) is 0 Å². The highest BCUT2D eigenvalue weighted by Crippen LogP contribution is 2.09. The lowest BCUT2D eigenvalue weighted by atomic mass is 11.8. The fourth-order valence-corrected chi connectivity index (χ4v) is 0. The number of thiol groups is 1. The van der Waals surface area contributed by atoms with E-state index in [1.807, 2.05) is 0 Å². The second-order valence-electron chi connectivity index (χ2n) is 0.329. The van der Waals surface area contributed by atoms with Crippen LogP contribution in [0.1, 0.15) is 0 Å². The van der Waals surface area contributed by atoms with Crippen LogP contribution in [-0.4, -0.2) is 4.57 Å². The summed E-state index contributed by atoms with van der Waals surface area (Å²) in [6.45, 7) is 0. The lowest BCUT2D eigenvalue weighted by Gasteiger charge is -1.66. The molecule has 0 aliphatic carbocycles. The van der Waals surface area contributed by atoms with Crippen molar-refractivity contribution in [1.29, 1.82) is 0 Å². The maximum absolute atomic E-state index is 9.46. The van der Waals surface area contributed by atoms with Gasteiger partial charge in [0.15, 0.2) is 0 Å². The average Bonchev–Trinajstić information content (AvgIpc) is 1.38. The van der Waals surface area contributed by atoms with Crippen LogP contribution >= 0.6 is 34.1 Å². The molecule has 0 aliphatic heterocycles. The summed E-state index contributed by atoms with van der Waals surface area (Å²) in [5.41, 5.74) is 0. The minimum atomic E-state index is -0.492. The van der Waals surface area contributed by atoms with E-state index < -0.39 is 4.57 Å². The molecule has 0 radical (unpaired) electrons. The van der Waals surface area contributed by atoms with Crippen LogP contribution in [0.2, 0.25) is 0 Å². The molecule has 0 aromatic rings. The summed E-state index contributed by atoms with van der Waals surface area (Å²) >= 11 is 8.16.